The second-order valence-electron chi connectivity index (χ2n) is 5.84. The average molecular weight is 242 g/mol. The number of carbonyl (C=O) groups is 1. The third-order valence-electron chi connectivity index (χ3n) is 3.04. The van der Waals surface area contributed by atoms with E-state index in [2.05, 4.69) is 6.92 Å². The number of rotatable bonds is 3. The highest BCUT2D eigenvalue weighted by Crippen LogP contribution is 2.23. The molecule has 0 aliphatic carbocycles. The van der Waals surface area contributed by atoms with Crippen LogP contribution >= 0.6 is 0 Å². The highest BCUT2D eigenvalue weighted by atomic mass is 16.6. The van der Waals surface area contributed by atoms with Crippen molar-refractivity contribution in [2.24, 2.45) is 5.73 Å². The standard InChI is InChI=1S/C13H26N2O2/c1-5-7-10(14)11-8-6-9-15(11)12(16)17-13(2,3)4/h10-11H,5-9,14H2,1-4H3. The van der Waals surface area contributed by atoms with Crippen molar-refractivity contribution in [2.45, 2.75) is 71.1 Å². The van der Waals surface area contributed by atoms with Crippen LogP contribution in [0.4, 0.5) is 4.79 Å². The Labute approximate surface area is 104 Å². The highest BCUT2D eigenvalue weighted by Gasteiger charge is 2.35. The first-order chi connectivity index (χ1) is 7.85. The van der Waals surface area contributed by atoms with Gasteiger partial charge in [-0.2, -0.15) is 0 Å². The number of carbonyl (C=O) groups excluding carboxylic acids is 1. The topological polar surface area (TPSA) is 55.6 Å². The number of nitrogens with zero attached hydrogens (tertiary/aromatic N) is 1. The van der Waals surface area contributed by atoms with Gasteiger partial charge in [0.25, 0.3) is 0 Å². The fourth-order valence-corrected chi connectivity index (χ4v) is 2.31. The minimum atomic E-state index is -0.431. The molecule has 1 aliphatic rings. The van der Waals surface area contributed by atoms with Crippen molar-refractivity contribution in [2.75, 3.05) is 6.54 Å². The first-order valence-electron chi connectivity index (χ1n) is 6.60. The third kappa shape index (κ3) is 4.19. The van der Waals surface area contributed by atoms with Crippen LogP contribution in [0.3, 0.4) is 0 Å². The van der Waals surface area contributed by atoms with Crippen molar-refractivity contribution in [1.82, 2.24) is 4.90 Å². The lowest BCUT2D eigenvalue weighted by Gasteiger charge is -2.31. The van der Waals surface area contributed by atoms with E-state index in [-0.39, 0.29) is 18.2 Å². The van der Waals surface area contributed by atoms with Crippen LogP contribution < -0.4 is 5.73 Å². The number of amides is 1. The van der Waals surface area contributed by atoms with Gasteiger partial charge in [0.2, 0.25) is 0 Å². The normalized spacial score (nSPS) is 22.6. The fourth-order valence-electron chi connectivity index (χ4n) is 2.31. The van der Waals surface area contributed by atoms with Crippen LogP contribution in [-0.2, 0) is 4.74 Å². The molecule has 0 saturated carbocycles. The summed E-state index contributed by atoms with van der Waals surface area (Å²) >= 11 is 0. The molecule has 1 aliphatic heterocycles. The smallest absolute Gasteiger partial charge is 0.410 e. The molecule has 2 atom stereocenters. The summed E-state index contributed by atoms with van der Waals surface area (Å²) in [5.41, 5.74) is 5.70. The van der Waals surface area contributed by atoms with E-state index in [0.29, 0.717) is 0 Å². The van der Waals surface area contributed by atoms with E-state index >= 15 is 0 Å². The van der Waals surface area contributed by atoms with E-state index in [9.17, 15) is 4.79 Å². The molecule has 4 heteroatoms. The van der Waals surface area contributed by atoms with E-state index in [1.54, 1.807) is 0 Å². The van der Waals surface area contributed by atoms with Crippen LogP contribution in [0.15, 0.2) is 0 Å². The van der Waals surface area contributed by atoms with Crippen molar-refractivity contribution in [1.29, 1.82) is 0 Å². The molecule has 0 aromatic rings. The zero-order valence-corrected chi connectivity index (χ0v) is 11.5. The Morgan fingerprint density at radius 2 is 2.18 bits per heavy atom. The van der Waals surface area contributed by atoms with E-state index in [1.165, 1.54) is 0 Å². The Bertz CT molecular complexity index is 261. The fraction of sp³-hybridized carbons (Fsp3) is 0.923. The van der Waals surface area contributed by atoms with E-state index in [4.69, 9.17) is 10.5 Å². The van der Waals surface area contributed by atoms with E-state index in [0.717, 1.165) is 32.2 Å². The molecule has 2 unspecified atom stereocenters. The van der Waals surface area contributed by atoms with Gasteiger partial charge in [0, 0.05) is 12.6 Å². The number of likely N-dealkylation sites (tertiary alicyclic amines) is 1. The van der Waals surface area contributed by atoms with Gasteiger partial charge in [-0.15, -0.1) is 0 Å². The summed E-state index contributed by atoms with van der Waals surface area (Å²) in [5, 5.41) is 0. The molecular formula is C13H26N2O2. The van der Waals surface area contributed by atoms with Crippen LogP contribution in [0.1, 0.15) is 53.4 Å². The lowest BCUT2D eigenvalue weighted by Crippen LogP contribution is -2.48. The lowest BCUT2D eigenvalue weighted by atomic mass is 10.0. The molecule has 1 fully saturated rings. The molecule has 0 spiro atoms. The zero-order chi connectivity index (χ0) is 13.1. The van der Waals surface area contributed by atoms with Crippen molar-refractivity contribution in [3.05, 3.63) is 0 Å². The Morgan fingerprint density at radius 3 is 2.71 bits per heavy atom. The van der Waals surface area contributed by atoms with Gasteiger partial charge in [-0.25, -0.2) is 4.79 Å². The molecular weight excluding hydrogens is 216 g/mol. The number of ether oxygens (including phenoxy) is 1. The van der Waals surface area contributed by atoms with Crippen LogP contribution in [0, 0.1) is 0 Å². The summed E-state index contributed by atoms with van der Waals surface area (Å²) < 4.78 is 5.41. The third-order valence-corrected chi connectivity index (χ3v) is 3.04. The quantitative estimate of drug-likeness (QED) is 0.827. The van der Waals surface area contributed by atoms with E-state index in [1.807, 2.05) is 25.7 Å². The minimum absolute atomic E-state index is 0.0787. The van der Waals surface area contributed by atoms with Gasteiger partial charge in [-0.1, -0.05) is 13.3 Å². The zero-order valence-electron chi connectivity index (χ0n) is 11.5. The Kier molecular flexibility index (Phi) is 4.80. The Morgan fingerprint density at radius 1 is 1.53 bits per heavy atom. The molecule has 0 aromatic heterocycles. The predicted octanol–water partition coefficient (Wildman–Crippen LogP) is 2.51. The summed E-state index contributed by atoms with van der Waals surface area (Å²) in [7, 11) is 0. The molecule has 0 radical (unpaired) electrons. The van der Waals surface area contributed by atoms with Crippen molar-refractivity contribution in [3.8, 4) is 0 Å². The first kappa shape index (κ1) is 14.3. The molecule has 0 aromatic carbocycles. The van der Waals surface area contributed by atoms with Crippen molar-refractivity contribution < 1.29 is 9.53 Å². The highest BCUT2D eigenvalue weighted by molar-refractivity contribution is 5.69. The Hall–Kier alpha value is -0.770. The van der Waals surface area contributed by atoms with Crippen LogP contribution in [0.5, 0.6) is 0 Å². The summed E-state index contributed by atoms with van der Waals surface area (Å²) in [6.07, 6.45) is 3.83. The molecule has 0 bridgehead atoms. The lowest BCUT2D eigenvalue weighted by molar-refractivity contribution is 0.0204. The summed E-state index contributed by atoms with van der Waals surface area (Å²) in [4.78, 5) is 13.8. The minimum Gasteiger partial charge on any atom is -0.444 e. The van der Waals surface area contributed by atoms with Gasteiger partial charge >= 0.3 is 6.09 Å². The van der Waals surface area contributed by atoms with Gasteiger partial charge in [-0.05, 0) is 40.0 Å². The molecule has 1 rings (SSSR count). The molecule has 1 amide bonds. The summed E-state index contributed by atoms with van der Waals surface area (Å²) in [6, 6.07) is 0.236. The molecule has 17 heavy (non-hydrogen) atoms. The predicted molar refractivity (Wildman–Crippen MR) is 68.8 cm³/mol. The maximum absolute atomic E-state index is 12.0. The van der Waals surface area contributed by atoms with E-state index < -0.39 is 5.60 Å². The van der Waals surface area contributed by atoms with Gasteiger partial charge in [-0.3, -0.25) is 0 Å². The molecule has 1 heterocycles. The van der Waals surface area contributed by atoms with Crippen LogP contribution in [0.25, 0.3) is 0 Å². The monoisotopic (exact) mass is 242 g/mol. The average Bonchev–Trinajstić information content (AvgIpc) is 2.63. The second-order valence-corrected chi connectivity index (χ2v) is 5.84. The maximum atomic E-state index is 12.0. The van der Waals surface area contributed by atoms with Gasteiger partial charge < -0.3 is 15.4 Å². The summed E-state index contributed by atoms with van der Waals surface area (Å²) in [6.45, 7) is 8.56. The van der Waals surface area contributed by atoms with Crippen molar-refractivity contribution in [3.63, 3.8) is 0 Å². The molecule has 2 N–H and O–H groups in total. The number of nitrogens with two attached hydrogens (primary N) is 1. The van der Waals surface area contributed by atoms with Crippen LogP contribution in [-0.4, -0.2) is 35.2 Å². The number of hydrogen-bond acceptors (Lipinski definition) is 3. The molecule has 4 nitrogen and oxygen atoms in total. The largest absolute Gasteiger partial charge is 0.444 e. The SMILES string of the molecule is CCCC(N)C1CCCN1C(=O)OC(C)(C)C. The molecule has 100 valence electrons. The van der Waals surface area contributed by atoms with Crippen molar-refractivity contribution >= 4 is 6.09 Å². The van der Waals surface area contributed by atoms with Gasteiger partial charge in [0.05, 0.1) is 6.04 Å². The van der Waals surface area contributed by atoms with Gasteiger partial charge in [0.1, 0.15) is 5.60 Å². The first-order valence-corrected chi connectivity index (χ1v) is 6.60. The second kappa shape index (κ2) is 5.71. The number of hydrogen-bond donors (Lipinski definition) is 1. The molecule has 1 saturated heterocycles. The van der Waals surface area contributed by atoms with Crippen LogP contribution in [0.2, 0.25) is 0 Å². The van der Waals surface area contributed by atoms with Gasteiger partial charge in [0.15, 0.2) is 0 Å². The summed E-state index contributed by atoms with van der Waals surface area (Å²) in [5.74, 6) is 0. The Balaban J connectivity index is 2.59. The maximum Gasteiger partial charge on any atom is 0.410 e.